The molecule has 2 N–H and O–H groups in total. The topological polar surface area (TPSA) is 90.7 Å². The molecule has 0 radical (unpaired) electrons. The number of rotatable bonds is 5. The Morgan fingerprint density at radius 2 is 1.81 bits per heavy atom. The number of amides is 2. The van der Waals surface area contributed by atoms with Gasteiger partial charge in [0, 0.05) is 44.5 Å². The molecule has 0 unspecified atom stereocenters. The van der Waals surface area contributed by atoms with Gasteiger partial charge in [-0.15, -0.1) is 0 Å². The molecule has 0 bridgehead atoms. The van der Waals surface area contributed by atoms with Crippen LogP contribution in [-0.2, 0) is 16.0 Å². The molecule has 2 aromatic rings. The van der Waals surface area contributed by atoms with E-state index in [0.29, 0.717) is 13.0 Å². The molecule has 8 nitrogen and oxygen atoms in total. The van der Waals surface area contributed by atoms with Gasteiger partial charge in [-0.05, 0) is 31.2 Å². The molecule has 1 aliphatic heterocycles. The Hall–Kier alpha value is -2.87. The van der Waals surface area contributed by atoms with Crippen LogP contribution in [0.3, 0.4) is 0 Å². The number of piperazine rings is 1. The molecule has 0 saturated carbocycles. The number of aromatic nitrogens is 1. The number of carbonyl (C=O) groups is 2. The lowest BCUT2D eigenvalue weighted by molar-refractivity contribution is -0.136. The molecule has 138 valence electrons. The van der Waals surface area contributed by atoms with Crippen LogP contribution in [0.5, 0.6) is 0 Å². The number of likely N-dealkylation sites (N-methyl/N-ethyl adjacent to an activating group) is 1. The molecule has 0 spiro atoms. The number of nitrogens with zero attached hydrogens (tertiary/aromatic N) is 3. The first kappa shape index (κ1) is 17.9. The summed E-state index contributed by atoms with van der Waals surface area (Å²) in [5.74, 6) is -1.24. The van der Waals surface area contributed by atoms with E-state index in [2.05, 4.69) is 61.4 Å². The van der Waals surface area contributed by atoms with Gasteiger partial charge in [0.25, 0.3) is 0 Å². The maximum Gasteiger partial charge on any atom is 0.314 e. The summed E-state index contributed by atoms with van der Waals surface area (Å²) in [6.07, 6.45) is 1.98. The molecular weight excluding hydrogens is 334 g/mol. The quantitative estimate of drug-likeness (QED) is 0.767. The fraction of sp³-hybridized carbons (Fsp3) is 0.389. The third kappa shape index (κ3) is 4.82. The lowest BCUT2D eigenvalue weighted by Crippen LogP contribution is -2.44. The largest absolute Gasteiger partial charge is 0.369 e. The smallest absolute Gasteiger partial charge is 0.314 e. The third-order valence-corrected chi connectivity index (χ3v) is 4.39. The average molecular weight is 357 g/mol. The van der Waals surface area contributed by atoms with E-state index in [9.17, 15) is 9.59 Å². The van der Waals surface area contributed by atoms with Gasteiger partial charge in [0.1, 0.15) is 6.26 Å². The van der Waals surface area contributed by atoms with E-state index in [0.717, 1.165) is 31.7 Å². The van der Waals surface area contributed by atoms with Crippen LogP contribution in [-0.4, -0.2) is 61.6 Å². The van der Waals surface area contributed by atoms with Crippen LogP contribution in [0, 0.1) is 0 Å². The molecule has 1 fully saturated rings. The summed E-state index contributed by atoms with van der Waals surface area (Å²) in [6.45, 7) is 4.60. The molecule has 26 heavy (non-hydrogen) atoms. The highest BCUT2D eigenvalue weighted by molar-refractivity contribution is 6.39. The first-order valence-electron chi connectivity index (χ1n) is 8.64. The van der Waals surface area contributed by atoms with Gasteiger partial charge in [-0.25, -0.2) is 0 Å². The summed E-state index contributed by atoms with van der Waals surface area (Å²) in [4.78, 5) is 28.1. The molecule has 1 saturated heterocycles. The second-order valence-electron chi connectivity index (χ2n) is 6.30. The lowest BCUT2D eigenvalue weighted by Gasteiger charge is -2.34. The Morgan fingerprint density at radius 1 is 1.08 bits per heavy atom. The van der Waals surface area contributed by atoms with Crippen LogP contribution >= 0.6 is 0 Å². The van der Waals surface area contributed by atoms with Crippen molar-refractivity contribution in [2.75, 3.05) is 50.0 Å². The standard InChI is InChI=1S/C18H23N5O3/c1-22-9-11-23(12-10-22)15-4-2-14(3-5-15)6-8-19-17(24)18(25)20-16-7-13-26-21-16/h2-5,7,13H,6,8-12H2,1H3,(H,19,24)(H,20,21,25). The number of anilines is 2. The van der Waals surface area contributed by atoms with Crippen molar-refractivity contribution in [2.24, 2.45) is 0 Å². The van der Waals surface area contributed by atoms with Crippen LogP contribution in [0.2, 0.25) is 0 Å². The Balaban J connectivity index is 1.42. The molecule has 8 heteroatoms. The van der Waals surface area contributed by atoms with E-state index >= 15 is 0 Å². The average Bonchev–Trinajstić information content (AvgIpc) is 3.16. The minimum absolute atomic E-state index is 0.213. The molecule has 1 aromatic heterocycles. The van der Waals surface area contributed by atoms with E-state index < -0.39 is 11.8 Å². The summed E-state index contributed by atoms with van der Waals surface area (Å²) in [7, 11) is 2.14. The van der Waals surface area contributed by atoms with E-state index in [1.807, 2.05) is 0 Å². The van der Waals surface area contributed by atoms with Gasteiger partial charge in [-0.3, -0.25) is 14.9 Å². The Kier molecular flexibility index (Phi) is 5.85. The normalized spacial score (nSPS) is 14.9. The molecule has 2 amide bonds. The molecular formula is C18H23N5O3. The maximum atomic E-state index is 11.8. The van der Waals surface area contributed by atoms with Crippen molar-refractivity contribution < 1.29 is 14.1 Å². The number of hydrogen-bond acceptors (Lipinski definition) is 6. The number of nitrogens with one attached hydrogen (secondary N) is 2. The summed E-state index contributed by atoms with van der Waals surface area (Å²) in [5.41, 5.74) is 2.33. The fourth-order valence-electron chi connectivity index (χ4n) is 2.79. The highest BCUT2D eigenvalue weighted by atomic mass is 16.5. The van der Waals surface area contributed by atoms with Crippen molar-refractivity contribution in [1.82, 2.24) is 15.4 Å². The molecule has 0 atom stereocenters. The number of carbonyl (C=O) groups excluding carboxylic acids is 2. The van der Waals surface area contributed by atoms with Crippen molar-refractivity contribution in [1.29, 1.82) is 0 Å². The maximum absolute atomic E-state index is 11.8. The molecule has 3 rings (SSSR count). The SMILES string of the molecule is CN1CCN(c2ccc(CCNC(=O)C(=O)Nc3ccon3)cc2)CC1. The van der Waals surface area contributed by atoms with Gasteiger partial charge >= 0.3 is 11.8 Å². The predicted octanol–water partition coefficient (Wildman–Crippen LogP) is 0.724. The van der Waals surface area contributed by atoms with E-state index in [4.69, 9.17) is 0 Å². The molecule has 1 aromatic carbocycles. The predicted molar refractivity (Wildman–Crippen MR) is 98.0 cm³/mol. The summed E-state index contributed by atoms with van der Waals surface area (Å²) in [6, 6.07) is 9.82. The van der Waals surface area contributed by atoms with Crippen molar-refractivity contribution in [3.8, 4) is 0 Å². The fourth-order valence-corrected chi connectivity index (χ4v) is 2.79. The minimum Gasteiger partial charge on any atom is -0.369 e. The van der Waals surface area contributed by atoms with Crippen LogP contribution in [0.15, 0.2) is 41.1 Å². The summed E-state index contributed by atoms with van der Waals surface area (Å²) >= 11 is 0. The molecule has 1 aliphatic rings. The third-order valence-electron chi connectivity index (χ3n) is 4.39. The zero-order valence-corrected chi connectivity index (χ0v) is 14.8. The number of hydrogen-bond donors (Lipinski definition) is 2. The van der Waals surface area contributed by atoms with Gasteiger partial charge in [0.2, 0.25) is 0 Å². The highest BCUT2D eigenvalue weighted by Gasteiger charge is 2.15. The van der Waals surface area contributed by atoms with Crippen LogP contribution in [0.1, 0.15) is 5.56 Å². The van der Waals surface area contributed by atoms with Gasteiger partial charge in [-0.2, -0.15) is 0 Å². The van der Waals surface area contributed by atoms with Gasteiger partial charge in [0.05, 0.1) is 0 Å². The monoisotopic (exact) mass is 357 g/mol. The van der Waals surface area contributed by atoms with E-state index in [1.54, 1.807) is 0 Å². The first-order valence-corrected chi connectivity index (χ1v) is 8.64. The Morgan fingerprint density at radius 3 is 2.46 bits per heavy atom. The van der Waals surface area contributed by atoms with Gasteiger partial charge < -0.3 is 19.6 Å². The highest BCUT2D eigenvalue weighted by Crippen LogP contribution is 2.17. The van der Waals surface area contributed by atoms with Crippen molar-refractivity contribution in [2.45, 2.75) is 6.42 Å². The second-order valence-corrected chi connectivity index (χ2v) is 6.30. The molecule has 2 heterocycles. The minimum atomic E-state index is -0.760. The van der Waals surface area contributed by atoms with Crippen molar-refractivity contribution in [3.05, 3.63) is 42.2 Å². The van der Waals surface area contributed by atoms with Crippen LogP contribution < -0.4 is 15.5 Å². The zero-order valence-electron chi connectivity index (χ0n) is 14.8. The Labute approximate surface area is 152 Å². The summed E-state index contributed by atoms with van der Waals surface area (Å²) in [5, 5.41) is 8.48. The first-order chi connectivity index (χ1) is 12.6. The van der Waals surface area contributed by atoms with Crippen LogP contribution in [0.4, 0.5) is 11.5 Å². The van der Waals surface area contributed by atoms with Crippen LogP contribution in [0.25, 0.3) is 0 Å². The second kappa shape index (κ2) is 8.48. The summed E-state index contributed by atoms with van der Waals surface area (Å²) < 4.78 is 4.59. The van der Waals surface area contributed by atoms with Gasteiger partial charge in [-0.1, -0.05) is 17.3 Å². The van der Waals surface area contributed by atoms with E-state index in [1.165, 1.54) is 18.0 Å². The zero-order chi connectivity index (χ0) is 18.4. The van der Waals surface area contributed by atoms with Crippen molar-refractivity contribution >= 4 is 23.3 Å². The van der Waals surface area contributed by atoms with Gasteiger partial charge in [0.15, 0.2) is 5.82 Å². The lowest BCUT2D eigenvalue weighted by atomic mass is 10.1. The Bertz CT molecular complexity index is 722. The van der Waals surface area contributed by atoms with Crippen molar-refractivity contribution in [3.63, 3.8) is 0 Å². The van der Waals surface area contributed by atoms with E-state index in [-0.39, 0.29) is 5.82 Å². The number of benzene rings is 1. The molecule has 0 aliphatic carbocycles.